The van der Waals surface area contributed by atoms with Crippen molar-refractivity contribution in [3.8, 4) is 0 Å². The SMILES string of the molecule is CC1CCN(CC(O)CNC(=O)NC2CCCCC2)CC1. The van der Waals surface area contributed by atoms with Crippen LogP contribution in [-0.2, 0) is 0 Å². The molecular formula is C16H31N3O2. The summed E-state index contributed by atoms with van der Waals surface area (Å²) in [5.74, 6) is 0.804. The molecule has 122 valence electrons. The number of amides is 2. The van der Waals surface area contributed by atoms with Crippen molar-refractivity contribution in [3.05, 3.63) is 0 Å². The van der Waals surface area contributed by atoms with Gasteiger partial charge in [-0.05, 0) is 44.7 Å². The van der Waals surface area contributed by atoms with Crippen LogP contribution in [0.5, 0.6) is 0 Å². The normalized spacial score (nSPS) is 23.7. The molecule has 2 aliphatic rings. The number of nitrogens with one attached hydrogen (secondary N) is 2. The van der Waals surface area contributed by atoms with Crippen molar-refractivity contribution in [2.45, 2.75) is 64.0 Å². The van der Waals surface area contributed by atoms with Crippen LogP contribution in [0, 0.1) is 5.92 Å². The Bertz CT molecular complexity index is 311. The molecule has 3 N–H and O–H groups in total. The lowest BCUT2D eigenvalue weighted by atomic mass is 9.96. The maximum Gasteiger partial charge on any atom is 0.315 e. The molecular weight excluding hydrogens is 266 g/mol. The van der Waals surface area contributed by atoms with Crippen molar-refractivity contribution < 1.29 is 9.90 Å². The van der Waals surface area contributed by atoms with Crippen LogP contribution in [0.25, 0.3) is 0 Å². The Hall–Kier alpha value is -0.810. The van der Waals surface area contributed by atoms with E-state index in [2.05, 4.69) is 22.5 Å². The van der Waals surface area contributed by atoms with Crippen molar-refractivity contribution in [2.24, 2.45) is 5.92 Å². The fourth-order valence-electron chi connectivity index (χ4n) is 3.30. The van der Waals surface area contributed by atoms with Crippen molar-refractivity contribution >= 4 is 6.03 Å². The Morgan fingerprint density at radius 3 is 2.52 bits per heavy atom. The van der Waals surface area contributed by atoms with Gasteiger partial charge in [-0.15, -0.1) is 0 Å². The minimum absolute atomic E-state index is 0.131. The standard InChI is InChI=1S/C16H31N3O2/c1-13-7-9-19(10-8-13)12-15(20)11-17-16(21)18-14-5-3-2-4-6-14/h13-15,20H,2-12H2,1H3,(H2,17,18,21). The number of carbonyl (C=O) groups is 1. The second-order valence-corrected chi connectivity index (χ2v) is 6.83. The first-order valence-electron chi connectivity index (χ1n) is 8.58. The summed E-state index contributed by atoms with van der Waals surface area (Å²) in [4.78, 5) is 14.1. The number of urea groups is 1. The number of β-amino-alcohol motifs (C(OH)–C–C–N with tert-alkyl or cyclic N) is 1. The van der Waals surface area contributed by atoms with Crippen LogP contribution >= 0.6 is 0 Å². The first-order valence-corrected chi connectivity index (χ1v) is 8.58. The van der Waals surface area contributed by atoms with Crippen LogP contribution in [0.3, 0.4) is 0 Å². The molecule has 1 saturated heterocycles. The molecule has 2 fully saturated rings. The summed E-state index contributed by atoms with van der Waals surface area (Å²) >= 11 is 0. The lowest BCUT2D eigenvalue weighted by Crippen LogP contribution is -2.47. The Kier molecular flexibility index (Phi) is 6.77. The van der Waals surface area contributed by atoms with Gasteiger partial charge in [0.2, 0.25) is 0 Å². The second-order valence-electron chi connectivity index (χ2n) is 6.83. The first-order chi connectivity index (χ1) is 10.1. The van der Waals surface area contributed by atoms with Crippen molar-refractivity contribution in [1.29, 1.82) is 0 Å². The van der Waals surface area contributed by atoms with E-state index < -0.39 is 6.10 Å². The number of piperidine rings is 1. The molecule has 2 rings (SSSR count). The number of nitrogens with zero attached hydrogens (tertiary/aromatic N) is 1. The van der Waals surface area contributed by atoms with E-state index in [0.717, 1.165) is 31.8 Å². The molecule has 0 aromatic carbocycles. The van der Waals surface area contributed by atoms with Gasteiger partial charge in [-0.25, -0.2) is 4.79 Å². The van der Waals surface area contributed by atoms with Crippen LogP contribution in [0.15, 0.2) is 0 Å². The minimum atomic E-state index is -0.476. The van der Waals surface area contributed by atoms with Crippen molar-refractivity contribution in [3.63, 3.8) is 0 Å². The van der Waals surface area contributed by atoms with Gasteiger partial charge in [-0.3, -0.25) is 0 Å². The number of hydrogen-bond acceptors (Lipinski definition) is 3. The highest BCUT2D eigenvalue weighted by atomic mass is 16.3. The predicted molar refractivity (Wildman–Crippen MR) is 84.3 cm³/mol. The Labute approximate surface area is 128 Å². The second kappa shape index (κ2) is 8.59. The molecule has 1 aliphatic heterocycles. The van der Waals surface area contributed by atoms with E-state index in [4.69, 9.17) is 0 Å². The van der Waals surface area contributed by atoms with Crippen molar-refractivity contribution in [2.75, 3.05) is 26.2 Å². The van der Waals surface area contributed by atoms with Crippen LogP contribution in [0.4, 0.5) is 4.79 Å². The smallest absolute Gasteiger partial charge is 0.315 e. The van der Waals surface area contributed by atoms with E-state index in [1.54, 1.807) is 0 Å². The number of aliphatic hydroxyl groups is 1. The summed E-state index contributed by atoms with van der Waals surface area (Å²) in [6.07, 6.45) is 7.82. The summed E-state index contributed by atoms with van der Waals surface area (Å²) in [6.45, 7) is 5.41. The highest BCUT2D eigenvalue weighted by Gasteiger charge is 2.19. The molecule has 0 bridgehead atoms. The summed E-state index contributed by atoms with van der Waals surface area (Å²) in [7, 11) is 0. The molecule has 1 saturated carbocycles. The quantitative estimate of drug-likeness (QED) is 0.724. The van der Waals surface area contributed by atoms with Crippen LogP contribution in [-0.4, -0.2) is 54.4 Å². The molecule has 1 aliphatic carbocycles. The maximum atomic E-state index is 11.8. The lowest BCUT2D eigenvalue weighted by Gasteiger charge is -2.31. The summed E-state index contributed by atoms with van der Waals surface area (Å²) in [5, 5.41) is 15.8. The topological polar surface area (TPSA) is 64.6 Å². The highest BCUT2D eigenvalue weighted by molar-refractivity contribution is 5.74. The Balaban J connectivity index is 1.57. The molecule has 1 heterocycles. The van der Waals surface area contributed by atoms with E-state index in [0.29, 0.717) is 19.1 Å². The zero-order chi connectivity index (χ0) is 15.1. The first kappa shape index (κ1) is 16.6. The van der Waals surface area contributed by atoms with Gasteiger partial charge in [-0.1, -0.05) is 26.2 Å². The average Bonchev–Trinajstić information content (AvgIpc) is 2.49. The largest absolute Gasteiger partial charge is 0.390 e. The van der Waals surface area contributed by atoms with Gasteiger partial charge < -0.3 is 20.6 Å². The maximum absolute atomic E-state index is 11.8. The van der Waals surface area contributed by atoms with E-state index in [1.807, 2.05) is 0 Å². The van der Waals surface area contributed by atoms with E-state index in [9.17, 15) is 9.90 Å². The number of aliphatic hydroxyl groups excluding tert-OH is 1. The summed E-state index contributed by atoms with van der Waals surface area (Å²) < 4.78 is 0. The molecule has 5 nitrogen and oxygen atoms in total. The van der Waals surface area contributed by atoms with Crippen LogP contribution in [0.1, 0.15) is 51.9 Å². The number of likely N-dealkylation sites (tertiary alicyclic amines) is 1. The zero-order valence-electron chi connectivity index (χ0n) is 13.3. The van der Waals surface area contributed by atoms with Gasteiger partial charge in [0.1, 0.15) is 0 Å². The third kappa shape index (κ3) is 6.22. The molecule has 21 heavy (non-hydrogen) atoms. The van der Waals surface area contributed by atoms with E-state index in [-0.39, 0.29) is 6.03 Å². The van der Waals surface area contributed by atoms with Crippen LogP contribution in [0.2, 0.25) is 0 Å². The van der Waals surface area contributed by atoms with Crippen LogP contribution < -0.4 is 10.6 Å². The predicted octanol–water partition coefficient (Wildman–Crippen LogP) is 1.71. The Morgan fingerprint density at radius 1 is 1.19 bits per heavy atom. The molecule has 5 heteroatoms. The number of hydrogen-bond donors (Lipinski definition) is 3. The molecule has 0 aromatic heterocycles. The van der Waals surface area contributed by atoms with Gasteiger partial charge in [0.25, 0.3) is 0 Å². The molecule has 1 atom stereocenters. The van der Waals surface area contributed by atoms with Gasteiger partial charge in [0, 0.05) is 19.1 Å². The van der Waals surface area contributed by atoms with Gasteiger partial charge in [0.05, 0.1) is 6.10 Å². The summed E-state index contributed by atoms with van der Waals surface area (Å²) in [5.41, 5.74) is 0. The molecule has 0 radical (unpaired) electrons. The van der Waals surface area contributed by atoms with E-state index >= 15 is 0 Å². The van der Waals surface area contributed by atoms with E-state index in [1.165, 1.54) is 32.1 Å². The zero-order valence-corrected chi connectivity index (χ0v) is 13.3. The average molecular weight is 297 g/mol. The molecule has 0 spiro atoms. The lowest BCUT2D eigenvalue weighted by molar-refractivity contribution is 0.0918. The highest BCUT2D eigenvalue weighted by Crippen LogP contribution is 2.17. The number of rotatable bonds is 5. The third-order valence-corrected chi connectivity index (χ3v) is 4.78. The van der Waals surface area contributed by atoms with Crippen molar-refractivity contribution in [1.82, 2.24) is 15.5 Å². The third-order valence-electron chi connectivity index (χ3n) is 4.78. The monoisotopic (exact) mass is 297 g/mol. The van der Waals surface area contributed by atoms with Gasteiger partial charge in [0.15, 0.2) is 0 Å². The fourth-order valence-corrected chi connectivity index (χ4v) is 3.30. The fraction of sp³-hybridized carbons (Fsp3) is 0.938. The number of carbonyl (C=O) groups excluding carboxylic acids is 1. The Morgan fingerprint density at radius 2 is 1.86 bits per heavy atom. The molecule has 2 amide bonds. The van der Waals surface area contributed by atoms with Gasteiger partial charge in [-0.2, -0.15) is 0 Å². The molecule has 1 unspecified atom stereocenters. The minimum Gasteiger partial charge on any atom is -0.390 e. The summed E-state index contributed by atoms with van der Waals surface area (Å²) in [6, 6.07) is 0.188. The van der Waals surface area contributed by atoms with Gasteiger partial charge >= 0.3 is 6.03 Å². The molecule has 0 aromatic rings.